The summed E-state index contributed by atoms with van der Waals surface area (Å²) in [6.07, 6.45) is 2.54. The van der Waals surface area contributed by atoms with E-state index in [2.05, 4.69) is 4.98 Å². The summed E-state index contributed by atoms with van der Waals surface area (Å²) < 4.78 is 22.9. The maximum Gasteiger partial charge on any atom is 0.257 e. The number of pyridine rings is 1. The number of amides is 1. The van der Waals surface area contributed by atoms with Crippen molar-refractivity contribution in [2.75, 3.05) is 6.61 Å². The van der Waals surface area contributed by atoms with Gasteiger partial charge in [-0.3, -0.25) is 14.7 Å². The fraction of sp³-hybridized carbons (Fsp3) is 0.219. The van der Waals surface area contributed by atoms with Crippen molar-refractivity contribution >= 4 is 45.5 Å². The van der Waals surface area contributed by atoms with Crippen molar-refractivity contribution in [2.24, 2.45) is 0 Å². The summed E-state index contributed by atoms with van der Waals surface area (Å²) in [5.74, 6) is -1.24. The summed E-state index contributed by atoms with van der Waals surface area (Å²) >= 11 is 12.7. The molecule has 2 aliphatic rings. The Labute approximate surface area is 256 Å². The Morgan fingerprint density at radius 2 is 1.74 bits per heavy atom. The second-order valence-corrected chi connectivity index (χ2v) is 12.7. The minimum atomic E-state index is -1.75. The molecule has 1 aliphatic heterocycles. The minimum Gasteiger partial charge on any atom is -0.387 e. The molecule has 2 heterocycles. The molecule has 0 spiro atoms. The monoisotopic (exact) mass is 624 g/mol. The number of ether oxygens (including phenoxy) is 1. The van der Waals surface area contributed by atoms with Crippen molar-refractivity contribution in [1.29, 1.82) is 0 Å². The Hall–Kier alpha value is -3.11. The van der Waals surface area contributed by atoms with Gasteiger partial charge in [-0.05, 0) is 68.3 Å². The number of carbonyl (C=O) groups excluding carboxylic acids is 1. The molecule has 1 atom stereocenters. The number of halogens is 3. The number of aryl methyl sites for hydroxylation is 1. The molecule has 6 nitrogen and oxygen atoms in total. The van der Waals surface area contributed by atoms with Crippen molar-refractivity contribution < 1.29 is 24.1 Å². The van der Waals surface area contributed by atoms with E-state index in [1.165, 1.54) is 23.2 Å². The number of carbonyl (C=O) groups is 1. The van der Waals surface area contributed by atoms with E-state index in [4.69, 9.17) is 27.9 Å². The van der Waals surface area contributed by atoms with Crippen molar-refractivity contribution in [3.05, 3.63) is 128 Å². The van der Waals surface area contributed by atoms with Crippen LogP contribution in [0.1, 0.15) is 51.1 Å². The predicted molar refractivity (Wildman–Crippen MR) is 163 cm³/mol. The highest BCUT2D eigenvalue weighted by molar-refractivity contribution is 7.98. The normalized spacial score (nSPS) is 19.4. The minimum absolute atomic E-state index is 0.00316. The lowest BCUT2D eigenvalue weighted by molar-refractivity contribution is -0.139. The molecule has 1 fully saturated rings. The summed E-state index contributed by atoms with van der Waals surface area (Å²) in [5, 5.41) is 22.6. The van der Waals surface area contributed by atoms with Crippen LogP contribution in [0.4, 0.5) is 4.39 Å². The second kappa shape index (κ2) is 11.2. The van der Waals surface area contributed by atoms with E-state index >= 15 is 4.39 Å². The van der Waals surface area contributed by atoms with Crippen molar-refractivity contribution in [2.45, 2.75) is 42.5 Å². The first kappa shape index (κ1) is 29.0. The maximum atomic E-state index is 16.4. The molecule has 216 valence electrons. The molecule has 1 saturated carbocycles. The van der Waals surface area contributed by atoms with Crippen LogP contribution in [0.25, 0.3) is 0 Å². The van der Waals surface area contributed by atoms with E-state index in [1.54, 1.807) is 36.4 Å². The third kappa shape index (κ3) is 5.51. The summed E-state index contributed by atoms with van der Waals surface area (Å²) in [5.41, 5.74) is -0.560. The predicted octanol–water partition coefficient (Wildman–Crippen LogP) is 6.80. The topological polar surface area (TPSA) is 82.9 Å². The number of rotatable bonds is 8. The van der Waals surface area contributed by atoms with E-state index in [0.717, 1.165) is 10.5 Å². The molecule has 2 N–H and O–H groups in total. The molecule has 1 unspecified atom stereocenters. The summed E-state index contributed by atoms with van der Waals surface area (Å²) in [4.78, 5) is 20.8. The zero-order valence-electron chi connectivity index (χ0n) is 22.5. The quantitative estimate of drug-likeness (QED) is 0.148. The van der Waals surface area contributed by atoms with Crippen molar-refractivity contribution in [1.82, 2.24) is 9.88 Å². The van der Waals surface area contributed by atoms with E-state index in [-0.39, 0.29) is 34.9 Å². The smallest absolute Gasteiger partial charge is 0.257 e. The highest BCUT2D eigenvalue weighted by atomic mass is 35.5. The number of hydrogen-bond donors (Lipinski definition) is 3. The van der Waals surface area contributed by atoms with Crippen LogP contribution in [0.15, 0.2) is 83.9 Å². The van der Waals surface area contributed by atoms with E-state index in [0.29, 0.717) is 45.5 Å². The number of benzene rings is 3. The average molecular weight is 626 g/mol. The molecule has 0 radical (unpaired) electrons. The van der Waals surface area contributed by atoms with Gasteiger partial charge in [-0.15, -0.1) is 11.4 Å². The average Bonchev–Trinajstić information content (AvgIpc) is 3.66. The maximum absolute atomic E-state index is 16.4. The molecule has 0 saturated heterocycles. The molecule has 1 amide bonds. The second-order valence-electron chi connectivity index (χ2n) is 10.7. The Balaban J connectivity index is 1.52. The first-order valence-electron chi connectivity index (χ1n) is 13.3. The molecular weight excluding hydrogens is 598 g/mol. The molecule has 3 aromatic carbocycles. The Morgan fingerprint density at radius 1 is 1.05 bits per heavy atom. The first-order chi connectivity index (χ1) is 20.1. The molecule has 1 aliphatic carbocycles. The number of nitrogens with zero attached hydrogens (tertiary/aromatic N) is 2. The fourth-order valence-corrected chi connectivity index (χ4v) is 6.10. The van der Waals surface area contributed by atoms with Gasteiger partial charge in [0.25, 0.3) is 5.91 Å². The first-order valence-corrected chi connectivity index (χ1v) is 15.0. The fourth-order valence-electron chi connectivity index (χ4n) is 5.06. The Kier molecular flexibility index (Phi) is 7.72. The molecule has 42 heavy (non-hydrogen) atoms. The van der Waals surface area contributed by atoms with Gasteiger partial charge >= 0.3 is 0 Å². The van der Waals surface area contributed by atoms with Crippen LogP contribution < -0.4 is 0 Å². The molecular formula is C32H27Cl2FN2O4S. The summed E-state index contributed by atoms with van der Waals surface area (Å²) in [6.45, 7) is 1.79. The molecule has 0 bridgehead atoms. The van der Waals surface area contributed by atoms with Gasteiger partial charge < -0.3 is 14.9 Å². The standard InChI is InChI=1S/C32H27Cl2FN2O4S/c1-19-2-10-25(11-3-19)42-30(39)20-14-26-28(27(35)15-20)32(41-18-31(40)12-13-31,21-4-6-22(33)7-5-21)37(29(26)38)17-24-9-8-23(34)16-36-24/h2-11,14-16,39-40,42H,12-13,17-18H2,1H3. The van der Waals surface area contributed by atoms with E-state index < -0.39 is 23.1 Å². The van der Waals surface area contributed by atoms with Gasteiger partial charge in [-0.1, -0.05) is 53.0 Å². The van der Waals surface area contributed by atoms with Crippen LogP contribution in [0.3, 0.4) is 0 Å². The van der Waals surface area contributed by atoms with Crippen LogP contribution in [-0.2, 0) is 17.0 Å². The lowest BCUT2D eigenvalue weighted by Gasteiger charge is -2.40. The molecule has 1 aromatic heterocycles. The Bertz CT molecular complexity index is 1690. The van der Waals surface area contributed by atoms with E-state index in [9.17, 15) is 15.0 Å². The number of aliphatic hydroxyl groups is 2. The van der Waals surface area contributed by atoms with Gasteiger partial charge in [-0.2, -0.15) is 0 Å². The summed E-state index contributed by atoms with van der Waals surface area (Å²) in [6, 6.07) is 20.3. The molecule has 10 heteroatoms. The van der Waals surface area contributed by atoms with Crippen LogP contribution in [0, 0.1) is 12.7 Å². The van der Waals surface area contributed by atoms with Crippen molar-refractivity contribution in [3.8, 4) is 0 Å². The third-order valence-corrected chi connectivity index (χ3v) is 9.03. The lowest BCUT2D eigenvalue weighted by atomic mass is 9.91. The number of aromatic nitrogens is 1. The molecule has 4 aromatic rings. The lowest BCUT2D eigenvalue weighted by Crippen LogP contribution is -2.48. The Morgan fingerprint density at radius 3 is 2.38 bits per heavy atom. The van der Waals surface area contributed by atoms with Crippen LogP contribution in [-0.4, -0.2) is 43.3 Å². The number of thiol groups is 1. The van der Waals surface area contributed by atoms with Gasteiger partial charge in [0.15, 0.2) is 5.72 Å². The largest absolute Gasteiger partial charge is 0.387 e. The zero-order valence-corrected chi connectivity index (χ0v) is 24.9. The van der Waals surface area contributed by atoms with Crippen LogP contribution in [0.2, 0.25) is 10.0 Å². The van der Waals surface area contributed by atoms with Gasteiger partial charge in [0, 0.05) is 27.2 Å². The van der Waals surface area contributed by atoms with Gasteiger partial charge in [0.2, 0.25) is 0 Å². The van der Waals surface area contributed by atoms with E-state index in [1.807, 2.05) is 31.2 Å². The summed E-state index contributed by atoms with van der Waals surface area (Å²) in [7, 11) is 0. The SMILES string of the molecule is Cc1ccc([SH]=C(O)c2cc(F)c3c(c2)C(=O)N(Cc2ccc(Cl)cn2)C3(OCC2(O)CC2)c2ccc(Cl)cc2)cc1. The number of hydrogen-bond acceptors (Lipinski definition) is 4. The third-order valence-electron chi connectivity index (χ3n) is 7.53. The van der Waals surface area contributed by atoms with Gasteiger partial charge in [-0.25, -0.2) is 4.39 Å². The van der Waals surface area contributed by atoms with Gasteiger partial charge in [0.1, 0.15) is 10.9 Å². The number of fused-ring (bicyclic) bond motifs is 1. The van der Waals surface area contributed by atoms with Crippen LogP contribution >= 0.6 is 34.6 Å². The highest BCUT2D eigenvalue weighted by Gasteiger charge is 2.56. The van der Waals surface area contributed by atoms with Crippen molar-refractivity contribution in [3.63, 3.8) is 0 Å². The highest BCUT2D eigenvalue weighted by Crippen LogP contribution is 2.49. The zero-order chi connectivity index (χ0) is 29.6. The van der Waals surface area contributed by atoms with Crippen LogP contribution in [0.5, 0.6) is 0 Å². The van der Waals surface area contributed by atoms with Gasteiger partial charge in [0.05, 0.1) is 40.6 Å². The molecule has 6 rings (SSSR count). The number of aliphatic hydroxyl groups excluding tert-OH is 1.